The van der Waals surface area contributed by atoms with Crippen molar-refractivity contribution in [3.63, 3.8) is 0 Å². The van der Waals surface area contributed by atoms with Crippen molar-refractivity contribution in [2.24, 2.45) is 0 Å². The zero-order chi connectivity index (χ0) is 13.8. The van der Waals surface area contributed by atoms with Crippen LogP contribution in [0, 0.1) is 0 Å². The number of carbonyl (C=O) groups is 1. The number of Topliss-reactive ketones (excluding diaryl/α,β-unsaturated/α-hetero) is 1. The molecular weight excluding hydrogens is 256 g/mol. The summed E-state index contributed by atoms with van der Waals surface area (Å²) in [6, 6.07) is 9.15. The number of ketones is 1. The van der Waals surface area contributed by atoms with Crippen molar-refractivity contribution in [3.05, 3.63) is 60.7 Å². The number of aromatic nitrogens is 6. The van der Waals surface area contributed by atoms with Crippen LogP contribution in [-0.2, 0) is 0 Å². The molecular formula is C13H12N6O. The summed E-state index contributed by atoms with van der Waals surface area (Å²) in [5.74, 6) is 0.0154. The van der Waals surface area contributed by atoms with Gasteiger partial charge < -0.3 is 0 Å². The lowest BCUT2D eigenvalue weighted by Crippen LogP contribution is -2.23. The van der Waals surface area contributed by atoms with E-state index in [-0.39, 0.29) is 18.4 Å². The first-order valence-electron chi connectivity index (χ1n) is 6.14. The topological polar surface area (TPSA) is 78.5 Å². The lowest BCUT2D eigenvalue weighted by molar-refractivity contribution is 0.0947. The Morgan fingerprint density at radius 3 is 2.10 bits per heavy atom. The molecule has 0 fully saturated rings. The number of benzene rings is 1. The number of rotatable bonds is 5. The van der Waals surface area contributed by atoms with E-state index in [0.717, 1.165) is 0 Å². The van der Waals surface area contributed by atoms with Gasteiger partial charge in [0.2, 0.25) is 0 Å². The third-order valence-electron chi connectivity index (χ3n) is 2.96. The first-order valence-corrected chi connectivity index (χ1v) is 6.14. The quantitative estimate of drug-likeness (QED) is 0.649. The van der Waals surface area contributed by atoms with Crippen molar-refractivity contribution >= 4 is 5.78 Å². The van der Waals surface area contributed by atoms with Gasteiger partial charge >= 0.3 is 0 Å². The highest BCUT2D eigenvalue weighted by Gasteiger charge is 2.19. The van der Waals surface area contributed by atoms with Gasteiger partial charge in [-0.05, 0) is 0 Å². The summed E-state index contributed by atoms with van der Waals surface area (Å²) >= 11 is 0. The van der Waals surface area contributed by atoms with Crippen molar-refractivity contribution in [3.8, 4) is 0 Å². The Hall–Kier alpha value is -2.83. The fourth-order valence-electron chi connectivity index (χ4n) is 1.97. The van der Waals surface area contributed by atoms with Crippen molar-refractivity contribution in [2.45, 2.75) is 12.6 Å². The summed E-state index contributed by atoms with van der Waals surface area (Å²) in [5, 5.41) is 15.4. The SMILES string of the molecule is O=C(CC(n1ccnn1)n1ccnn1)c1ccccc1. The fourth-order valence-corrected chi connectivity index (χ4v) is 1.97. The van der Waals surface area contributed by atoms with Crippen LogP contribution in [0.2, 0.25) is 0 Å². The molecule has 0 radical (unpaired) electrons. The van der Waals surface area contributed by atoms with Crippen LogP contribution in [-0.4, -0.2) is 35.8 Å². The van der Waals surface area contributed by atoms with Gasteiger partial charge in [-0.3, -0.25) is 4.79 Å². The van der Waals surface area contributed by atoms with E-state index in [1.54, 1.807) is 46.3 Å². The molecule has 7 nitrogen and oxygen atoms in total. The molecule has 0 saturated heterocycles. The third kappa shape index (κ3) is 2.46. The second-order valence-corrected chi connectivity index (χ2v) is 4.24. The van der Waals surface area contributed by atoms with Crippen molar-refractivity contribution < 1.29 is 4.79 Å². The first kappa shape index (κ1) is 12.2. The standard InChI is InChI=1S/C13H12N6O/c20-12(11-4-2-1-3-5-11)10-13(18-8-6-14-16-18)19-9-7-15-17-19/h1-9,13H,10H2. The van der Waals surface area contributed by atoms with Gasteiger partial charge in [-0.15, -0.1) is 10.2 Å². The van der Waals surface area contributed by atoms with Crippen molar-refractivity contribution in [1.82, 2.24) is 30.0 Å². The van der Waals surface area contributed by atoms with Crippen molar-refractivity contribution in [2.75, 3.05) is 0 Å². The summed E-state index contributed by atoms with van der Waals surface area (Å²) in [6.07, 6.45) is 6.40. The van der Waals surface area contributed by atoms with Gasteiger partial charge in [-0.25, -0.2) is 9.36 Å². The highest BCUT2D eigenvalue weighted by Crippen LogP contribution is 2.15. The molecule has 2 aromatic heterocycles. The summed E-state index contributed by atoms with van der Waals surface area (Å²) < 4.78 is 3.19. The van der Waals surface area contributed by atoms with Gasteiger partial charge in [0, 0.05) is 18.0 Å². The average Bonchev–Trinajstić information content (AvgIpc) is 3.19. The maximum atomic E-state index is 12.3. The Morgan fingerprint density at radius 2 is 1.60 bits per heavy atom. The van der Waals surface area contributed by atoms with Gasteiger partial charge in [0.15, 0.2) is 11.9 Å². The van der Waals surface area contributed by atoms with Crippen LogP contribution in [0.1, 0.15) is 22.9 Å². The Morgan fingerprint density at radius 1 is 1.00 bits per heavy atom. The lowest BCUT2D eigenvalue weighted by Gasteiger charge is -2.15. The van der Waals surface area contributed by atoms with E-state index in [1.807, 2.05) is 18.2 Å². The zero-order valence-electron chi connectivity index (χ0n) is 10.6. The van der Waals surface area contributed by atoms with E-state index in [1.165, 1.54) is 0 Å². The summed E-state index contributed by atoms with van der Waals surface area (Å²) in [6.45, 7) is 0. The predicted octanol–water partition coefficient (Wildman–Crippen LogP) is 1.19. The van der Waals surface area contributed by atoms with E-state index < -0.39 is 0 Å². The van der Waals surface area contributed by atoms with E-state index in [9.17, 15) is 4.79 Å². The molecule has 3 rings (SSSR count). The molecule has 3 aromatic rings. The largest absolute Gasteiger partial charge is 0.294 e. The van der Waals surface area contributed by atoms with Gasteiger partial charge in [-0.2, -0.15) is 0 Å². The summed E-state index contributed by atoms with van der Waals surface area (Å²) in [7, 11) is 0. The van der Waals surface area contributed by atoms with Crippen LogP contribution in [0.25, 0.3) is 0 Å². The Kier molecular flexibility index (Phi) is 3.32. The molecule has 0 amide bonds. The highest BCUT2D eigenvalue weighted by molar-refractivity contribution is 5.96. The smallest absolute Gasteiger partial charge is 0.166 e. The van der Waals surface area contributed by atoms with Gasteiger partial charge in [-0.1, -0.05) is 40.8 Å². The molecule has 0 saturated carbocycles. The number of hydrogen-bond donors (Lipinski definition) is 0. The Balaban J connectivity index is 1.86. The van der Waals surface area contributed by atoms with Crippen LogP contribution in [0.3, 0.4) is 0 Å². The Labute approximate surface area is 114 Å². The molecule has 7 heteroatoms. The van der Waals surface area contributed by atoms with Crippen LogP contribution < -0.4 is 0 Å². The second-order valence-electron chi connectivity index (χ2n) is 4.24. The molecule has 0 atom stereocenters. The molecule has 0 aliphatic heterocycles. The van der Waals surface area contributed by atoms with Crippen LogP contribution in [0.4, 0.5) is 0 Å². The number of nitrogens with zero attached hydrogens (tertiary/aromatic N) is 6. The maximum Gasteiger partial charge on any atom is 0.166 e. The molecule has 2 heterocycles. The molecule has 0 bridgehead atoms. The normalized spacial score (nSPS) is 10.8. The molecule has 0 spiro atoms. The summed E-state index contributed by atoms with van der Waals surface area (Å²) in [5.41, 5.74) is 0.665. The van der Waals surface area contributed by atoms with Crippen molar-refractivity contribution in [1.29, 1.82) is 0 Å². The zero-order valence-corrected chi connectivity index (χ0v) is 10.6. The number of hydrogen-bond acceptors (Lipinski definition) is 5. The molecule has 0 aliphatic rings. The van der Waals surface area contributed by atoms with Crippen LogP contribution in [0.5, 0.6) is 0 Å². The van der Waals surface area contributed by atoms with Gasteiger partial charge in [0.1, 0.15) is 0 Å². The van der Waals surface area contributed by atoms with Gasteiger partial charge in [0.05, 0.1) is 18.8 Å². The minimum atomic E-state index is -0.368. The van der Waals surface area contributed by atoms with E-state index in [2.05, 4.69) is 20.6 Å². The highest BCUT2D eigenvalue weighted by atomic mass is 16.1. The van der Waals surface area contributed by atoms with E-state index in [0.29, 0.717) is 5.56 Å². The molecule has 100 valence electrons. The number of carbonyl (C=O) groups excluding carboxylic acids is 1. The monoisotopic (exact) mass is 268 g/mol. The minimum Gasteiger partial charge on any atom is -0.294 e. The lowest BCUT2D eigenvalue weighted by atomic mass is 10.1. The van der Waals surface area contributed by atoms with Gasteiger partial charge in [0.25, 0.3) is 0 Å². The average molecular weight is 268 g/mol. The molecule has 0 unspecified atom stereocenters. The maximum absolute atomic E-state index is 12.3. The van der Waals surface area contributed by atoms with E-state index in [4.69, 9.17) is 0 Å². The predicted molar refractivity (Wildman–Crippen MR) is 69.9 cm³/mol. The Bertz CT molecular complexity index is 628. The molecule has 0 aliphatic carbocycles. The van der Waals surface area contributed by atoms with Crippen LogP contribution in [0.15, 0.2) is 55.1 Å². The fraction of sp³-hybridized carbons (Fsp3) is 0.154. The van der Waals surface area contributed by atoms with Crippen LogP contribution >= 0.6 is 0 Å². The first-order chi connectivity index (χ1) is 9.84. The molecule has 20 heavy (non-hydrogen) atoms. The second kappa shape index (κ2) is 5.43. The third-order valence-corrected chi connectivity index (χ3v) is 2.96. The molecule has 0 N–H and O–H groups in total. The molecule has 1 aromatic carbocycles. The minimum absolute atomic E-state index is 0.0154. The summed E-state index contributed by atoms with van der Waals surface area (Å²) in [4.78, 5) is 12.3. The van der Waals surface area contributed by atoms with E-state index >= 15 is 0 Å².